The van der Waals surface area contributed by atoms with Gasteiger partial charge in [0, 0.05) is 49.2 Å². The van der Waals surface area contributed by atoms with Gasteiger partial charge in [-0.15, -0.1) is 0 Å². The van der Waals surface area contributed by atoms with Gasteiger partial charge in [0.05, 0.1) is 31.9 Å². The predicted molar refractivity (Wildman–Crippen MR) is 131 cm³/mol. The third-order valence-electron chi connectivity index (χ3n) is 5.99. The van der Waals surface area contributed by atoms with Crippen molar-refractivity contribution in [2.45, 2.75) is 6.54 Å². The number of anilines is 1. The monoisotopic (exact) mass is 484 g/mol. The van der Waals surface area contributed by atoms with Crippen molar-refractivity contribution in [1.82, 2.24) is 14.9 Å². The summed E-state index contributed by atoms with van der Waals surface area (Å²) in [5, 5.41) is 1.73. The Morgan fingerprint density at radius 1 is 0.794 bits per heavy atom. The molecule has 3 heterocycles. The molecule has 0 bridgehead atoms. The van der Waals surface area contributed by atoms with E-state index in [0.717, 1.165) is 54.5 Å². The van der Waals surface area contributed by atoms with Gasteiger partial charge in [0.25, 0.3) is 0 Å². The summed E-state index contributed by atoms with van der Waals surface area (Å²) in [5.41, 5.74) is 2.06. The quantitative estimate of drug-likeness (QED) is 0.560. The zero-order valence-corrected chi connectivity index (χ0v) is 19.9. The third-order valence-corrected chi connectivity index (χ3v) is 6.22. The predicted octanol–water partition coefficient (Wildman–Crippen LogP) is 3.41. The van der Waals surface area contributed by atoms with E-state index < -0.39 is 0 Å². The van der Waals surface area contributed by atoms with Gasteiger partial charge in [0.1, 0.15) is 25.4 Å². The van der Waals surface area contributed by atoms with Gasteiger partial charge in [-0.05, 0) is 23.8 Å². The Kier molecular flexibility index (Phi) is 7.60. The van der Waals surface area contributed by atoms with Crippen molar-refractivity contribution in [2.75, 3.05) is 70.7 Å². The summed E-state index contributed by atoms with van der Waals surface area (Å²) in [6, 6.07) is 12.0. The van der Waals surface area contributed by atoms with E-state index in [1.807, 2.05) is 30.3 Å². The zero-order chi connectivity index (χ0) is 23.2. The Bertz CT molecular complexity index is 1110. The highest BCUT2D eigenvalue weighted by atomic mass is 35.5. The van der Waals surface area contributed by atoms with E-state index in [4.69, 9.17) is 30.5 Å². The highest BCUT2D eigenvalue weighted by molar-refractivity contribution is 6.30. The summed E-state index contributed by atoms with van der Waals surface area (Å²) in [5.74, 6) is 2.25. The number of benzene rings is 2. The van der Waals surface area contributed by atoms with Gasteiger partial charge < -0.3 is 23.8 Å². The molecule has 5 rings (SSSR count). The second-order valence-corrected chi connectivity index (χ2v) is 8.76. The average molecular weight is 485 g/mol. The molecule has 0 radical (unpaired) electrons. The van der Waals surface area contributed by atoms with E-state index in [1.165, 1.54) is 5.56 Å². The number of halogens is 1. The lowest BCUT2D eigenvalue weighted by molar-refractivity contribution is 0.0224. The standard InChI is InChI=1S/C25H29ClN4O4/c26-20-3-1-2-19(14-20)17-29-4-6-30(7-5-29)25-21-15-23-24(16-22(21)27-18-28-25)34-13-11-32-9-8-31-10-12-33-23/h1-3,14-16,18H,4-13,17H2. The van der Waals surface area contributed by atoms with E-state index in [1.54, 1.807) is 6.33 Å². The molecule has 0 unspecified atom stereocenters. The molecule has 34 heavy (non-hydrogen) atoms. The summed E-state index contributed by atoms with van der Waals surface area (Å²) in [4.78, 5) is 13.9. The van der Waals surface area contributed by atoms with Crippen LogP contribution in [0.4, 0.5) is 5.82 Å². The van der Waals surface area contributed by atoms with Crippen molar-refractivity contribution >= 4 is 28.3 Å². The molecule has 3 aromatic rings. The smallest absolute Gasteiger partial charge is 0.163 e. The van der Waals surface area contributed by atoms with E-state index in [2.05, 4.69) is 25.8 Å². The van der Waals surface area contributed by atoms with Crippen molar-refractivity contribution in [3.05, 3.63) is 53.3 Å². The van der Waals surface area contributed by atoms with Crippen LogP contribution in [0.1, 0.15) is 5.56 Å². The van der Waals surface area contributed by atoms with Crippen molar-refractivity contribution in [3.8, 4) is 11.5 Å². The second-order valence-electron chi connectivity index (χ2n) is 8.33. The minimum absolute atomic E-state index is 0.438. The number of nitrogens with zero attached hydrogens (tertiary/aromatic N) is 4. The maximum Gasteiger partial charge on any atom is 0.163 e. The molecule has 0 aliphatic carbocycles. The number of ether oxygens (including phenoxy) is 4. The van der Waals surface area contributed by atoms with Gasteiger partial charge in [0.2, 0.25) is 0 Å². The zero-order valence-electron chi connectivity index (χ0n) is 19.1. The van der Waals surface area contributed by atoms with Crippen LogP contribution in [-0.4, -0.2) is 80.7 Å². The molecule has 0 amide bonds. The van der Waals surface area contributed by atoms with Crippen LogP contribution in [0, 0.1) is 0 Å². The first-order valence-electron chi connectivity index (χ1n) is 11.7. The lowest BCUT2D eigenvalue weighted by Crippen LogP contribution is -2.46. The molecule has 0 saturated carbocycles. The Balaban J connectivity index is 1.33. The fraction of sp³-hybridized carbons (Fsp3) is 0.440. The summed E-state index contributed by atoms with van der Waals surface area (Å²) in [7, 11) is 0. The fourth-order valence-corrected chi connectivity index (χ4v) is 4.50. The molecule has 8 nitrogen and oxygen atoms in total. The fourth-order valence-electron chi connectivity index (χ4n) is 4.28. The molecule has 0 atom stereocenters. The number of fused-ring (bicyclic) bond motifs is 2. The van der Waals surface area contributed by atoms with Gasteiger partial charge >= 0.3 is 0 Å². The summed E-state index contributed by atoms with van der Waals surface area (Å²) in [6.45, 7) is 7.51. The molecule has 0 spiro atoms. The van der Waals surface area contributed by atoms with Crippen LogP contribution in [0.5, 0.6) is 11.5 Å². The van der Waals surface area contributed by atoms with Gasteiger partial charge in [-0.25, -0.2) is 9.97 Å². The Hall–Kier alpha value is -2.65. The van der Waals surface area contributed by atoms with E-state index in [-0.39, 0.29) is 0 Å². The molecule has 1 fully saturated rings. The summed E-state index contributed by atoms with van der Waals surface area (Å²) >= 11 is 6.15. The van der Waals surface area contributed by atoms with Crippen molar-refractivity contribution in [2.24, 2.45) is 0 Å². The van der Waals surface area contributed by atoms with Crippen LogP contribution in [0.2, 0.25) is 5.02 Å². The van der Waals surface area contributed by atoms with E-state index in [0.29, 0.717) is 51.1 Å². The number of rotatable bonds is 3. The number of hydrogen-bond acceptors (Lipinski definition) is 8. The minimum atomic E-state index is 0.438. The first-order valence-corrected chi connectivity index (χ1v) is 12.1. The Morgan fingerprint density at radius 2 is 1.50 bits per heavy atom. The third kappa shape index (κ3) is 5.70. The topological polar surface area (TPSA) is 69.2 Å². The van der Waals surface area contributed by atoms with Gasteiger partial charge in [0.15, 0.2) is 11.5 Å². The average Bonchev–Trinajstić information content (AvgIpc) is 2.84. The van der Waals surface area contributed by atoms with Crippen LogP contribution >= 0.6 is 11.6 Å². The second kappa shape index (κ2) is 11.2. The normalized spacial score (nSPS) is 18.3. The molecule has 2 aromatic carbocycles. The first-order chi connectivity index (χ1) is 16.8. The largest absolute Gasteiger partial charge is 0.487 e. The van der Waals surface area contributed by atoms with Crippen molar-refractivity contribution in [1.29, 1.82) is 0 Å². The summed E-state index contributed by atoms with van der Waals surface area (Å²) < 4.78 is 23.0. The number of hydrogen-bond donors (Lipinski definition) is 0. The molecule has 2 aliphatic heterocycles. The number of aromatic nitrogens is 2. The van der Waals surface area contributed by atoms with E-state index in [9.17, 15) is 0 Å². The highest BCUT2D eigenvalue weighted by Gasteiger charge is 2.21. The summed E-state index contributed by atoms with van der Waals surface area (Å²) in [6.07, 6.45) is 1.62. The van der Waals surface area contributed by atoms with Gasteiger partial charge in [-0.3, -0.25) is 4.90 Å². The van der Waals surface area contributed by atoms with Crippen LogP contribution in [0.15, 0.2) is 42.7 Å². The lowest BCUT2D eigenvalue weighted by Gasteiger charge is -2.35. The molecular formula is C25H29ClN4O4. The number of piperazine rings is 1. The molecular weight excluding hydrogens is 456 g/mol. The molecule has 9 heteroatoms. The van der Waals surface area contributed by atoms with Crippen molar-refractivity contribution < 1.29 is 18.9 Å². The van der Waals surface area contributed by atoms with Gasteiger partial charge in [-0.2, -0.15) is 0 Å². The van der Waals surface area contributed by atoms with Crippen LogP contribution < -0.4 is 14.4 Å². The lowest BCUT2D eigenvalue weighted by atomic mass is 10.1. The molecule has 180 valence electrons. The van der Waals surface area contributed by atoms with Crippen LogP contribution in [0.3, 0.4) is 0 Å². The van der Waals surface area contributed by atoms with E-state index >= 15 is 0 Å². The maximum absolute atomic E-state index is 6.15. The molecule has 0 N–H and O–H groups in total. The van der Waals surface area contributed by atoms with Gasteiger partial charge in [-0.1, -0.05) is 23.7 Å². The molecule has 1 saturated heterocycles. The maximum atomic E-state index is 6.15. The highest BCUT2D eigenvalue weighted by Crippen LogP contribution is 2.35. The minimum Gasteiger partial charge on any atom is -0.487 e. The van der Waals surface area contributed by atoms with Crippen LogP contribution in [0.25, 0.3) is 10.9 Å². The molecule has 1 aromatic heterocycles. The Labute approximate surface area is 204 Å². The Morgan fingerprint density at radius 3 is 2.24 bits per heavy atom. The van der Waals surface area contributed by atoms with Crippen molar-refractivity contribution in [3.63, 3.8) is 0 Å². The molecule has 2 aliphatic rings. The SMILES string of the molecule is Clc1cccc(CN2CCN(c3ncnc4cc5c(cc34)OCCOCCOCCO5)CC2)c1. The van der Waals surface area contributed by atoms with Crippen LogP contribution in [-0.2, 0) is 16.0 Å². The first kappa shape index (κ1) is 23.1.